The normalized spacial score (nSPS) is 12.5. The highest BCUT2D eigenvalue weighted by molar-refractivity contribution is 8.14. The summed E-state index contributed by atoms with van der Waals surface area (Å²) >= 11 is 5.43. The third kappa shape index (κ3) is 3.42. The number of hydrogen-bond acceptors (Lipinski definition) is 4. The number of hydrogen-bond donors (Lipinski definition) is 3. The van der Waals surface area contributed by atoms with E-state index in [9.17, 15) is 0 Å². The first-order valence-electron chi connectivity index (χ1n) is 3.92. The largest absolute Gasteiger partial charge is 0.322 e. The molecule has 4 heteroatoms. The second-order valence-electron chi connectivity index (χ2n) is 2.57. The standard InChI is InChI=1S/C9H12N2S2/c10-8(6-12)9(11)13-7-4-2-1-3-5-7/h1-5,8,11-12H,6,10H2/t8-/m0/s1. The first-order chi connectivity index (χ1) is 6.24. The molecule has 0 aliphatic carbocycles. The van der Waals surface area contributed by atoms with Crippen LogP contribution in [0.15, 0.2) is 35.2 Å². The van der Waals surface area contributed by atoms with Gasteiger partial charge in [-0.2, -0.15) is 12.6 Å². The van der Waals surface area contributed by atoms with Gasteiger partial charge in [-0.3, -0.25) is 5.41 Å². The van der Waals surface area contributed by atoms with E-state index in [1.807, 2.05) is 30.3 Å². The van der Waals surface area contributed by atoms with Crippen LogP contribution in [0.1, 0.15) is 0 Å². The van der Waals surface area contributed by atoms with Crippen molar-refractivity contribution in [2.75, 3.05) is 5.75 Å². The molecule has 0 bridgehead atoms. The smallest absolute Gasteiger partial charge is 0.0865 e. The van der Waals surface area contributed by atoms with Gasteiger partial charge in [-0.25, -0.2) is 0 Å². The molecule has 0 radical (unpaired) electrons. The van der Waals surface area contributed by atoms with Crippen molar-refractivity contribution in [1.82, 2.24) is 0 Å². The second-order valence-corrected chi connectivity index (χ2v) is 4.05. The number of thiol groups is 1. The summed E-state index contributed by atoms with van der Waals surface area (Å²) in [5.41, 5.74) is 5.64. The average molecular weight is 212 g/mol. The van der Waals surface area contributed by atoms with Gasteiger partial charge >= 0.3 is 0 Å². The molecular weight excluding hydrogens is 200 g/mol. The molecule has 3 N–H and O–H groups in total. The zero-order chi connectivity index (χ0) is 9.68. The predicted octanol–water partition coefficient (Wildman–Crippen LogP) is 2.01. The summed E-state index contributed by atoms with van der Waals surface area (Å²) in [6.45, 7) is 0. The zero-order valence-corrected chi connectivity index (χ0v) is 8.81. The van der Waals surface area contributed by atoms with Crippen LogP contribution in [0.5, 0.6) is 0 Å². The van der Waals surface area contributed by atoms with E-state index >= 15 is 0 Å². The lowest BCUT2D eigenvalue weighted by atomic mass is 10.4. The highest BCUT2D eigenvalue weighted by Crippen LogP contribution is 2.19. The van der Waals surface area contributed by atoms with E-state index in [2.05, 4.69) is 12.6 Å². The molecule has 0 unspecified atom stereocenters. The van der Waals surface area contributed by atoms with Crippen molar-refractivity contribution in [2.24, 2.45) is 5.73 Å². The Hall–Kier alpha value is -0.450. The van der Waals surface area contributed by atoms with Gasteiger partial charge in [0.15, 0.2) is 0 Å². The Kier molecular flexibility index (Phi) is 4.35. The minimum absolute atomic E-state index is 0.256. The van der Waals surface area contributed by atoms with Crippen LogP contribution in [-0.2, 0) is 0 Å². The van der Waals surface area contributed by atoms with Crippen LogP contribution in [0.4, 0.5) is 0 Å². The summed E-state index contributed by atoms with van der Waals surface area (Å²) in [4.78, 5) is 1.05. The maximum atomic E-state index is 7.62. The fourth-order valence-corrected chi connectivity index (χ4v) is 1.86. The fraction of sp³-hybridized carbons (Fsp3) is 0.222. The summed E-state index contributed by atoms with van der Waals surface area (Å²) < 4.78 is 0. The molecule has 2 nitrogen and oxygen atoms in total. The Labute approximate surface area is 87.8 Å². The molecule has 1 aromatic carbocycles. The molecule has 70 valence electrons. The van der Waals surface area contributed by atoms with Crippen molar-refractivity contribution in [1.29, 1.82) is 5.41 Å². The van der Waals surface area contributed by atoms with Crippen molar-refractivity contribution >= 4 is 29.4 Å². The van der Waals surface area contributed by atoms with Gasteiger partial charge in [0.1, 0.15) is 0 Å². The number of nitrogens with two attached hydrogens (primary N) is 1. The summed E-state index contributed by atoms with van der Waals surface area (Å²) in [7, 11) is 0. The Balaban J connectivity index is 2.55. The van der Waals surface area contributed by atoms with E-state index in [-0.39, 0.29) is 6.04 Å². The number of benzene rings is 1. The Morgan fingerprint density at radius 1 is 1.46 bits per heavy atom. The molecule has 0 aliphatic rings. The first kappa shape index (κ1) is 10.6. The van der Waals surface area contributed by atoms with Gasteiger partial charge in [0.2, 0.25) is 0 Å². The molecule has 0 fully saturated rings. The minimum atomic E-state index is -0.256. The van der Waals surface area contributed by atoms with Crippen molar-refractivity contribution in [3.63, 3.8) is 0 Å². The third-order valence-corrected chi connectivity index (χ3v) is 2.93. The lowest BCUT2D eigenvalue weighted by Crippen LogP contribution is -2.29. The lowest BCUT2D eigenvalue weighted by molar-refractivity contribution is 1.00. The van der Waals surface area contributed by atoms with E-state index < -0.39 is 0 Å². The minimum Gasteiger partial charge on any atom is -0.322 e. The highest BCUT2D eigenvalue weighted by atomic mass is 32.2. The number of rotatable bonds is 3. The van der Waals surface area contributed by atoms with Crippen LogP contribution in [0.3, 0.4) is 0 Å². The molecule has 0 saturated carbocycles. The van der Waals surface area contributed by atoms with Gasteiger partial charge in [0, 0.05) is 10.6 Å². The van der Waals surface area contributed by atoms with E-state index in [4.69, 9.17) is 11.1 Å². The quantitative estimate of drug-likeness (QED) is 0.311. The first-order valence-corrected chi connectivity index (χ1v) is 5.36. The van der Waals surface area contributed by atoms with E-state index in [1.165, 1.54) is 11.8 Å². The monoisotopic (exact) mass is 212 g/mol. The third-order valence-electron chi connectivity index (χ3n) is 1.50. The van der Waals surface area contributed by atoms with Gasteiger partial charge in [0.05, 0.1) is 11.1 Å². The summed E-state index contributed by atoms with van der Waals surface area (Å²) in [5.74, 6) is 0.513. The maximum absolute atomic E-state index is 7.62. The van der Waals surface area contributed by atoms with Crippen LogP contribution in [0.25, 0.3) is 0 Å². The molecule has 0 heterocycles. The number of nitrogens with one attached hydrogen (secondary N) is 1. The molecule has 0 aromatic heterocycles. The van der Waals surface area contributed by atoms with Crippen LogP contribution in [0, 0.1) is 5.41 Å². The Morgan fingerprint density at radius 3 is 2.62 bits per heavy atom. The van der Waals surface area contributed by atoms with Crippen molar-refractivity contribution in [3.8, 4) is 0 Å². The van der Waals surface area contributed by atoms with Crippen LogP contribution in [-0.4, -0.2) is 16.8 Å². The van der Waals surface area contributed by atoms with Crippen LogP contribution in [0.2, 0.25) is 0 Å². The summed E-state index contributed by atoms with van der Waals surface area (Å²) in [5, 5.41) is 8.08. The Morgan fingerprint density at radius 2 is 2.08 bits per heavy atom. The molecule has 0 amide bonds. The molecule has 0 spiro atoms. The SMILES string of the molecule is N=C(Sc1ccccc1)[C@@H](N)CS. The van der Waals surface area contributed by atoms with Crippen LogP contribution >= 0.6 is 24.4 Å². The zero-order valence-electron chi connectivity index (χ0n) is 7.10. The van der Waals surface area contributed by atoms with Gasteiger partial charge in [-0.1, -0.05) is 30.0 Å². The average Bonchev–Trinajstić information content (AvgIpc) is 2.18. The fourth-order valence-electron chi connectivity index (χ4n) is 0.774. The highest BCUT2D eigenvalue weighted by Gasteiger charge is 2.08. The maximum Gasteiger partial charge on any atom is 0.0865 e. The second kappa shape index (κ2) is 5.32. The van der Waals surface area contributed by atoms with Crippen LogP contribution < -0.4 is 5.73 Å². The molecule has 1 aromatic rings. The molecule has 13 heavy (non-hydrogen) atoms. The molecule has 0 aliphatic heterocycles. The lowest BCUT2D eigenvalue weighted by Gasteiger charge is -2.08. The van der Waals surface area contributed by atoms with E-state index in [0.717, 1.165) is 4.90 Å². The number of thioether (sulfide) groups is 1. The van der Waals surface area contributed by atoms with E-state index in [0.29, 0.717) is 10.8 Å². The van der Waals surface area contributed by atoms with Gasteiger partial charge in [0.25, 0.3) is 0 Å². The molecule has 1 rings (SSSR count). The van der Waals surface area contributed by atoms with Crippen molar-refractivity contribution in [2.45, 2.75) is 10.9 Å². The van der Waals surface area contributed by atoms with Gasteiger partial charge < -0.3 is 5.73 Å². The Bertz CT molecular complexity index is 274. The van der Waals surface area contributed by atoms with Gasteiger partial charge in [-0.05, 0) is 12.1 Å². The summed E-state index contributed by atoms with van der Waals surface area (Å²) in [6.07, 6.45) is 0. The predicted molar refractivity (Wildman–Crippen MR) is 61.9 cm³/mol. The van der Waals surface area contributed by atoms with Crippen molar-refractivity contribution < 1.29 is 0 Å². The molecule has 0 saturated heterocycles. The van der Waals surface area contributed by atoms with E-state index in [1.54, 1.807) is 0 Å². The van der Waals surface area contributed by atoms with Gasteiger partial charge in [-0.15, -0.1) is 0 Å². The topological polar surface area (TPSA) is 49.9 Å². The van der Waals surface area contributed by atoms with Crippen molar-refractivity contribution in [3.05, 3.63) is 30.3 Å². The molecular formula is C9H12N2S2. The molecule has 1 atom stereocenters. The summed E-state index contributed by atoms with van der Waals surface area (Å²) in [6, 6.07) is 9.51.